The van der Waals surface area contributed by atoms with Gasteiger partial charge in [0.2, 0.25) is 11.8 Å². The number of nitrogens with zero attached hydrogens (tertiary/aromatic N) is 4. The number of ether oxygens (including phenoxy) is 1. The van der Waals surface area contributed by atoms with Crippen LogP contribution in [0.2, 0.25) is 0 Å². The number of rotatable bonds is 5. The molecule has 118 valence electrons. The summed E-state index contributed by atoms with van der Waals surface area (Å²) in [7, 11) is 1.69. The Labute approximate surface area is 130 Å². The van der Waals surface area contributed by atoms with Crippen molar-refractivity contribution in [3.8, 4) is 5.75 Å². The minimum Gasteiger partial charge on any atom is -0.497 e. The first-order valence-corrected chi connectivity index (χ1v) is 7.71. The van der Waals surface area contributed by atoms with Crippen molar-refractivity contribution in [1.29, 1.82) is 0 Å². The van der Waals surface area contributed by atoms with Crippen molar-refractivity contribution in [3.63, 3.8) is 0 Å². The molecule has 1 aliphatic heterocycles. The van der Waals surface area contributed by atoms with Gasteiger partial charge in [-0.3, -0.25) is 4.90 Å². The fourth-order valence-corrected chi connectivity index (χ4v) is 2.64. The summed E-state index contributed by atoms with van der Waals surface area (Å²) in [5.74, 6) is 2.33. The maximum Gasteiger partial charge on any atom is 0.230 e. The van der Waals surface area contributed by atoms with Gasteiger partial charge >= 0.3 is 0 Å². The average Bonchev–Trinajstić information content (AvgIpc) is 3.03. The summed E-state index contributed by atoms with van der Waals surface area (Å²) in [4.78, 5) is 4.74. The van der Waals surface area contributed by atoms with Gasteiger partial charge in [-0.05, 0) is 24.3 Å². The van der Waals surface area contributed by atoms with E-state index in [-0.39, 0.29) is 0 Å². The first kappa shape index (κ1) is 14.8. The lowest BCUT2D eigenvalue weighted by molar-refractivity contribution is 0.224. The van der Waals surface area contributed by atoms with Crippen LogP contribution in [-0.2, 0) is 13.0 Å². The molecule has 1 saturated heterocycles. The molecule has 1 aliphatic rings. The number of aromatic nitrogens is 2. The zero-order valence-corrected chi connectivity index (χ0v) is 13.2. The van der Waals surface area contributed by atoms with Crippen molar-refractivity contribution < 1.29 is 9.15 Å². The molecule has 1 aromatic carbocycles. The van der Waals surface area contributed by atoms with Gasteiger partial charge < -0.3 is 14.1 Å². The van der Waals surface area contributed by atoms with E-state index in [0.29, 0.717) is 5.89 Å². The van der Waals surface area contributed by atoms with Gasteiger partial charge in [-0.15, -0.1) is 10.2 Å². The summed E-state index contributed by atoms with van der Waals surface area (Å²) in [5.41, 5.74) is 1.24. The molecule has 6 heteroatoms. The molecule has 0 amide bonds. The summed E-state index contributed by atoms with van der Waals surface area (Å²) in [6.07, 6.45) is 0.790. The molecule has 3 rings (SSSR count). The van der Waals surface area contributed by atoms with Gasteiger partial charge in [-0.25, -0.2) is 0 Å². The second-order valence-corrected chi connectivity index (χ2v) is 5.40. The molecule has 22 heavy (non-hydrogen) atoms. The normalized spacial score (nSPS) is 16.0. The lowest BCUT2D eigenvalue weighted by Gasteiger charge is -2.35. The zero-order chi connectivity index (χ0) is 15.4. The first-order chi connectivity index (χ1) is 10.8. The molecule has 2 heterocycles. The lowest BCUT2D eigenvalue weighted by Crippen LogP contribution is -2.46. The molecule has 1 fully saturated rings. The molecule has 0 radical (unpaired) electrons. The molecule has 0 saturated carbocycles. The summed E-state index contributed by atoms with van der Waals surface area (Å²) in [6, 6.07) is 8.24. The molecular formula is C16H22N4O2. The molecule has 0 bridgehead atoms. The summed E-state index contributed by atoms with van der Waals surface area (Å²) in [5, 5.41) is 8.10. The maximum atomic E-state index is 5.58. The molecule has 0 atom stereocenters. The van der Waals surface area contributed by atoms with Gasteiger partial charge in [0.1, 0.15) is 5.75 Å². The van der Waals surface area contributed by atoms with E-state index in [2.05, 4.69) is 32.1 Å². The van der Waals surface area contributed by atoms with Crippen molar-refractivity contribution >= 4 is 5.69 Å². The van der Waals surface area contributed by atoms with E-state index in [0.717, 1.165) is 50.8 Å². The van der Waals surface area contributed by atoms with Crippen LogP contribution in [0.3, 0.4) is 0 Å². The second-order valence-electron chi connectivity index (χ2n) is 5.40. The number of anilines is 1. The predicted octanol–water partition coefficient (Wildman–Crippen LogP) is 1.96. The fraction of sp³-hybridized carbons (Fsp3) is 0.500. The van der Waals surface area contributed by atoms with Crippen molar-refractivity contribution in [2.24, 2.45) is 0 Å². The molecule has 0 N–H and O–H groups in total. The van der Waals surface area contributed by atoms with E-state index in [1.165, 1.54) is 5.69 Å². The van der Waals surface area contributed by atoms with Crippen LogP contribution in [0.4, 0.5) is 5.69 Å². The van der Waals surface area contributed by atoms with E-state index < -0.39 is 0 Å². The van der Waals surface area contributed by atoms with Crippen molar-refractivity contribution in [2.45, 2.75) is 19.9 Å². The van der Waals surface area contributed by atoms with Crippen LogP contribution in [0, 0.1) is 0 Å². The molecule has 2 aromatic rings. The average molecular weight is 302 g/mol. The maximum absolute atomic E-state index is 5.58. The Bertz CT molecular complexity index is 588. The van der Waals surface area contributed by atoms with E-state index in [1.807, 2.05) is 19.1 Å². The number of piperazine rings is 1. The van der Waals surface area contributed by atoms with Gasteiger partial charge in [0.05, 0.1) is 13.7 Å². The molecular weight excluding hydrogens is 280 g/mol. The van der Waals surface area contributed by atoms with E-state index in [4.69, 9.17) is 9.15 Å². The van der Waals surface area contributed by atoms with Gasteiger partial charge in [0.15, 0.2) is 0 Å². The third-order valence-corrected chi connectivity index (χ3v) is 3.98. The topological polar surface area (TPSA) is 54.6 Å². The van der Waals surface area contributed by atoms with E-state index in [9.17, 15) is 0 Å². The molecule has 0 spiro atoms. The third-order valence-electron chi connectivity index (χ3n) is 3.98. The SMILES string of the molecule is CCc1nnc(CN2CCN(c3ccc(OC)cc3)CC2)o1. The fourth-order valence-electron chi connectivity index (χ4n) is 2.64. The first-order valence-electron chi connectivity index (χ1n) is 7.71. The van der Waals surface area contributed by atoms with Crippen molar-refractivity contribution in [2.75, 3.05) is 38.2 Å². The van der Waals surface area contributed by atoms with Crippen LogP contribution in [0.1, 0.15) is 18.7 Å². The highest BCUT2D eigenvalue weighted by atomic mass is 16.5. The summed E-state index contributed by atoms with van der Waals surface area (Å²) < 4.78 is 10.8. The van der Waals surface area contributed by atoms with Gasteiger partial charge in [-0.1, -0.05) is 6.92 Å². The lowest BCUT2D eigenvalue weighted by atomic mass is 10.2. The number of aryl methyl sites for hydroxylation is 1. The highest BCUT2D eigenvalue weighted by molar-refractivity contribution is 5.49. The molecule has 0 unspecified atom stereocenters. The molecule has 0 aliphatic carbocycles. The van der Waals surface area contributed by atoms with E-state index in [1.54, 1.807) is 7.11 Å². The van der Waals surface area contributed by atoms with Gasteiger partial charge in [0, 0.05) is 38.3 Å². The second kappa shape index (κ2) is 6.79. The van der Waals surface area contributed by atoms with Crippen LogP contribution < -0.4 is 9.64 Å². The van der Waals surface area contributed by atoms with Crippen molar-refractivity contribution in [3.05, 3.63) is 36.0 Å². The van der Waals surface area contributed by atoms with Crippen LogP contribution in [0.5, 0.6) is 5.75 Å². The Morgan fingerprint density at radius 2 is 1.73 bits per heavy atom. The zero-order valence-electron chi connectivity index (χ0n) is 13.2. The Hall–Kier alpha value is -2.08. The largest absolute Gasteiger partial charge is 0.497 e. The Morgan fingerprint density at radius 1 is 1.05 bits per heavy atom. The highest BCUT2D eigenvalue weighted by Gasteiger charge is 2.19. The predicted molar refractivity (Wildman–Crippen MR) is 84.2 cm³/mol. The van der Waals surface area contributed by atoms with Crippen LogP contribution >= 0.6 is 0 Å². The highest BCUT2D eigenvalue weighted by Crippen LogP contribution is 2.20. The quantitative estimate of drug-likeness (QED) is 0.841. The monoisotopic (exact) mass is 302 g/mol. The Morgan fingerprint density at radius 3 is 2.32 bits per heavy atom. The van der Waals surface area contributed by atoms with Crippen LogP contribution in [-0.4, -0.2) is 48.4 Å². The number of hydrogen-bond donors (Lipinski definition) is 0. The number of benzene rings is 1. The minimum absolute atomic E-state index is 0.715. The standard InChI is InChI=1S/C16H22N4O2/c1-3-15-17-18-16(22-15)12-19-8-10-20(11-9-19)13-4-6-14(21-2)7-5-13/h4-7H,3,8-12H2,1-2H3. The molecule has 6 nitrogen and oxygen atoms in total. The van der Waals surface area contributed by atoms with Gasteiger partial charge in [-0.2, -0.15) is 0 Å². The number of methoxy groups -OCH3 is 1. The van der Waals surface area contributed by atoms with Gasteiger partial charge in [0.25, 0.3) is 0 Å². The Kier molecular flexibility index (Phi) is 4.58. The summed E-state index contributed by atoms with van der Waals surface area (Å²) in [6.45, 7) is 6.75. The number of hydrogen-bond acceptors (Lipinski definition) is 6. The third kappa shape index (κ3) is 3.39. The van der Waals surface area contributed by atoms with Crippen LogP contribution in [0.15, 0.2) is 28.7 Å². The summed E-state index contributed by atoms with van der Waals surface area (Å²) >= 11 is 0. The molecule has 1 aromatic heterocycles. The van der Waals surface area contributed by atoms with E-state index >= 15 is 0 Å². The van der Waals surface area contributed by atoms with Crippen LogP contribution in [0.25, 0.3) is 0 Å². The Balaban J connectivity index is 1.53. The smallest absolute Gasteiger partial charge is 0.230 e. The minimum atomic E-state index is 0.715. The van der Waals surface area contributed by atoms with Crippen molar-refractivity contribution in [1.82, 2.24) is 15.1 Å².